The van der Waals surface area contributed by atoms with E-state index in [1.807, 2.05) is 32.0 Å². The number of hydrogen-bond acceptors (Lipinski definition) is 7. The van der Waals surface area contributed by atoms with Gasteiger partial charge in [-0.15, -0.1) is 0 Å². The summed E-state index contributed by atoms with van der Waals surface area (Å²) in [7, 11) is 0. The molecule has 0 saturated heterocycles. The second-order valence-corrected chi connectivity index (χ2v) is 8.78. The normalized spacial score (nSPS) is 19.3. The number of hydrogen-bond donors (Lipinski definition) is 1. The highest BCUT2D eigenvalue weighted by Gasteiger charge is 2.45. The maximum Gasteiger partial charge on any atom is 0.343 e. The molecule has 2 aliphatic heterocycles. The van der Waals surface area contributed by atoms with Crippen molar-refractivity contribution in [3.63, 3.8) is 0 Å². The molecule has 32 heavy (non-hydrogen) atoms. The molecule has 3 aromatic heterocycles. The van der Waals surface area contributed by atoms with Crippen molar-refractivity contribution in [2.45, 2.75) is 51.9 Å². The summed E-state index contributed by atoms with van der Waals surface area (Å²) < 4.78 is 12.6. The van der Waals surface area contributed by atoms with Crippen LogP contribution in [-0.4, -0.2) is 25.6 Å². The molecular formula is C24H21N3O5. The highest BCUT2D eigenvalue weighted by Crippen LogP contribution is 2.39. The number of carbonyl (C=O) groups is 1. The van der Waals surface area contributed by atoms with Crippen molar-refractivity contribution >= 4 is 28.0 Å². The van der Waals surface area contributed by atoms with Gasteiger partial charge in [0.1, 0.15) is 12.1 Å². The van der Waals surface area contributed by atoms with Gasteiger partial charge in [0, 0.05) is 22.4 Å². The maximum atomic E-state index is 13.3. The lowest BCUT2D eigenvalue weighted by Crippen LogP contribution is -2.44. The number of fused-ring (bicyclic) bond motifs is 7. The number of cyclic esters (lactones) is 1. The topological polar surface area (TPSA) is 107 Å². The minimum atomic E-state index is -1.83. The lowest BCUT2D eigenvalue weighted by Gasteiger charge is -2.31. The molecule has 1 atom stereocenters. The highest BCUT2D eigenvalue weighted by atomic mass is 16.6. The molecule has 6 rings (SSSR count). The zero-order valence-electron chi connectivity index (χ0n) is 17.9. The average molecular weight is 431 g/mol. The molecule has 0 bridgehead atoms. The van der Waals surface area contributed by atoms with Gasteiger partial charge in [0.25, 0.3) is 5.56 Å². The minimum Gasteiger partial charge on any atom is -0.458 e. The van der Waals surface area contributed by atoms with Crippen LogP contribution in [0.3, 0.4) is 0 Å². The van der Waals surface area contributed by atoms with Crippen LogP contribution in [0.4, 0.5) is 0 Å². The Bertz CT molecular complexity index is 1530. The number of aliphatic hydroxyl groups is 1. The van der Waals surface area contributed by atoms with Crippen LogP contribution in [-0.2, 0) is 28.3 Å². The maximum absolute atomic E-state index is 13.3. The van der Waals surface area contributed by atoms with Crippen molar-refractivity contribution in [1.29, 1.82) is 0 Å². The van der Waals surface area contributed by atoms with Crippen molar-refractivity contribution in [3.05, 3.63) is 57.2 Å². The molecule has 5 heterocycles. The van der Waals surface area contributed by atoms with Crippen LogP contribution >= 0.6 is 0 Å². The summed E-state index contributed by atoms with van der Waals surface area (Å²) in [6.45, 7) is 5.96. The Morgan fingerprint density at radius 2 is 2.03 bits per heavy atom. The van der Waals surface area contributed by atoms with E-state index in [1.54, 1.807) is 17.6 Å². The van der Waals surface area contributed by atoms with Crippen LogP contribution in [0.5, 0.6) is 0 Å². The fraction of sp³-hybridized carbons (Fsp3) is 0.333. The molecular weight excluding hydrogens is 410 g/mol. The van der Waals surface area contributed by atoms with Crippen LogP contribution < -0.4 is 5.56 Å². The third kappa shape index (κ3) is 2.35. The summed E-state index contributed by atoms with van der Waals surface area (Å²) in [4.78, 5) is 35.1. The monoisotopic (exact) mass is 431 g/mol. The number of esters is 1. The van der Waals surface area contributed by atoms with E-state index in [9.17, 15) is 14.7 Å². The lowest BCUT2D eigenvalue weighted by atomic mass is 9.86. The molecule has 0 spiro atoms. The van der Waals surface area contributed by atoms with Gasteiger partial charge in [-0.05, 0) is 30.7 Å². The van der Waals surface area contributed by atoms with Gasteiger partial charge in [-0.2, -0.15) is 0 Å². The van der Waals surface area contributed by atoms with Crippen molar-refractivity contribution in [3.8, 4) is 11.4 Å². The van der Waals surface area contributed by atoms with Crippen molar-refractivity contribution in [1.82, 2.24) is 14.5 Å². The van der Waals surface area contributed by atoms with Gasteiger partial charge in [-0.3, -0.25) is 4.79 Å². The van der Waals surface area contributed by atoms with E-state index in [-0.39, 0.29) is 24.5 Å². The third-order valence-electron chi connectivity index (χ3n) is 6.56. The quantitative estimate of drug-likeness (QED) is 0.427. The summed E-state index contributed by atoms with van der Waals surface area (Å²) >= 11 is 0. The summed E-state index contributed by atoms with van der Waals surface area (Å²) in [5.41, 5.74) is 2.87. The summed E-state index contributed by atoms with van der Waals surface area (Å²) in [5, 5.41) is 11.8. The van der Waals surface area contributed by atoms with Gasteiger partial charge in [-0.1, -0.05) is 20.8 Å². The molecule has 1 aromatic carbocycles. The molecule has 0 fully saturated rings. The van der Waals surface area contributed by atoms with Crippen LogP contribution in [0.25, 0.3) is 33.4 Å². The third-order valence-corrected chi connectivity index (χ3v) is 6.56. The van der Waals surface area contributed by atoms with E-state index in [0.717, 1.165) is 22.0 Å². The van der Waals surface area contributed by atoms with Crippen molar-refractivity contribution < 1.29 is 19.1 Å². The largest absolute Gasteiger partial charge is 0.458 e. The number of oxazole rings is 1. The number of aromatic nitrogens is 3. The number of ether oxygens (including phenoxy) is 1. The van der Waals surface area contributed by atoms with Crippen LogP contribution in [0, 0.1) is 0 Å². The van der Waals surface area contributed by atoms with Gasteiger partial charge < -0.3 is 18.8 Å². The number of pyridine rings is 2. The predicted molar refractivity (Wildman–Crippen MR) is 116 cm³/mol. The van der Waals surface area contributed by atoms with Gasteiger partial charge in [0.2, 0.25) is 0 Å². The van der Waals surface area contributed by atoms with Gasteiger partial charge in [0.15, 0.2) is 17.1 Å². The van der Waals surface area contributed by atoms with E-state index in [0.29, 0.717) is 40.5 Å². The zero-order valence-corrected chi connectivity index (χ0v) is 17.9. The molecule has 1 N–H and O–H groups in total. The van der Waals surface area contributed by atoms with E-state index < -0.39 is 11.6 Å². The van der Waals surface area contributed by atoms with Crippen LogP contribution in [0.1, 0.15) is 55.7 Å². The van der Waals surface area contributed by atoms with Crippen LogP contribution in [0.2, 0.25) is 0 Å². The lowest BCUT2D eigenvalue weighted by molar-refractivity contribution is -0.172. The van der Waals surface area contributed by atoms with Gasteiger partial charge >= 0.3 is 5.97 Å². The Hall–Kier alpha value is -3.52. The summed E-state index contributed by atoms with van der Waals surface area (Å²) in [5.74, 6) is 0.107. The fourth-order valence-electron chi connectivity index (χ4n) is 4.71. The first-order valence-corrected chi connectivity index (χ1v) is 10.7. The smallest absolute Gasteiger partial charge is 0.343 e. The second kappa shape index (κ2) is 6.26. The first kappa shape index (κ1) is 19.2. The second-order valence-electron chi connectivity index (χ2n) is 8.78. The van der Waals surface area contributed by atoms with Crippen molar-refractivity contribution in [2.75, 3.05) is 0 Å². The Morgan fingerprint density at radius 1 is 1.22 bits per heavy atom. The molecule has 0 radical (unpaired) electrons. The molecule has 2 aliphatic rings. The first-order chi connectivity index (χ1) is 15.3. The Kier molecular flexibility index (Phi) is 3.75. The molecule has 0 saturated carbocycles. The summed E-state index contributed by atoms with van der Waals surface area (Å²) in [6.07, 6.45) is 0.113. The first-order valence-electron chi connectivity index (χ1n) is 10.7. The average Bonchev–Trinajstić information content (AvgIpc) is 3.37. The van der Waals surface area contributed by atoms with Gasteiger partial charge in [-0.25, -0.2) is 14.8 Å². The Morgan fingerprint density at radius 3 is 2.78 bits per heavy atom. The molecule has 0 amide bonds. The number of rotatable bonds is 2. The minimum absolute atomic E-state index is 0.113. The number of benzene rings is 1. The zero-order chi connectivity index (χ0) is 22.4. The highest BCUT2D eigenvalue weighted by molar-refractivity contribution is 6.03. The fourth-order valence-corrected chi connectivity index (χ4v) is 4.71. The molecule has 8 heteroatoms. The van der Waals surface area contributed by atoms with E-state index >= 15 is 0 Å². The molecule has 8 nitrogen and oxygen atoms in total. The number of nitrogens with zero attached hydrogens (tertiary/aromatic N) is 3. The Balaban J connectivity index is 1.60. The van der Waals surface area contributed by atoms with Crippen LogP contribution in [0.15, 0.2) is 33.5 Å². The van der Waals surface area contributed by atoms with Gasteiger partial charge in [0.05, 0.1) is 29.0 Å². The standard InChI is InChI=1S/C24H21N3O5/c1-4-24(30)15-8-17-19-12(9-27(17)22(28)14(15)10-31-23(24)29)7-13-16(25-19)5-6-18-20(13)26-21(32-18)11(2)3/h5-8,11,30H,4,9-10H2,1-3H3/t24-/m0/s1. The van der Waals surface area contributed by atoms with Crippen molar-refractivity contribution in [2.24, 2.45) is 0 Å². The SMILES string of the molecule is CC[C@@]1(O)C(=O)OCc2c1cc1n(c2=O)Cc2cc3c(ccc4oc(C(C)C)nc43)nc2-1. The molecule has 0 unspecified atom stereocenters. The van der Waals surface area contributed by atoms with E-state index in [1.165, 1.54) is 0 Å². The predicted octanol–water partition coefficient (Wildman–Crippen LogP) is 3.34. The van der Waals surface area contributed by atoms with E-state index in [2.05, 4.69) is 4.98 Å². The molecule has 0 aliphatic carbocycles. The summed E-state index contributed by atoms with van der Waals surface area (Å²) in [6, 6.07) is 7.46. The number of carbonyl (C=O) groups excluding carboxylic acids is 1. The molecule has 162 valence electrons. The van der Waals surface area contributed by atoms with E-state index in [4.69, 9.17) is 14.1 Å². The molecule has 4 aromatic rings. The Labute approximate surface area is 182 Å².